The van der Waals surface area contributed by atoms with E-state index in [0.29, 0.717) is 5.56 Å². The number of benzene rings is 2. The summed E-state index contributed by atoms with van der Waals surface area (Å²) in [4.78, 5) is 13.7. The number of methoxy groups -OCH3 is 1. The van der Waals surface area contributed by atoms with Crippen LogP contribution in [0.25, 0.3) is 0 Å². The number of amides is 1. The Labute approximate surface area is 132 Å². The summed E-state index contributed by atoms with van der Waals surface area (Å²) < 4.78 is 44.8. The molecule has 1 unspecified atom stereocenters. The molecule has 3 nitrogen and oxygen atoms in total. The summed E-state index contributed by atoms with van der Waals surface area (Å²) in [5.74, 6) is -2.98. The van der Waals surface area contributed by atoms with Gasteiger partial charge in [-0.3, -0.25) is 4.79 Å². The Hall–Kier alpha value is -2.50. The highest BCUT2D eigenvalue weighted by Crippen LogP contribution is 2.24. The van der Waals surface area contributed by atoms with E-state index in [9.17, 15) is 18.0 Å². The lowest BCUT2D eigenvalue weighted by Crippen LogP contribution is -2.29. The second kappa shape index (κ2) is 6.73. The maximum absolute atomic E-state index is 13.7. The summed E-state index contributed by atoms with van der Waals surface area (Å²) in [5.41, 5.74) is 0.578. The van der Waals surface area contributed by atoms with Crippen LogP contribution in [0, 0.1) is 17.5 Å². The van der Waals surface area contributed by atoms with Crippen molar-refractivity contribution < 1.29 is 22.7 Å². The highest BCUT2D eigenvalue weighted by atomic mass is 19.2. The third kappa shape index (κ3) is 3.47. The first kappa shape index (κ1) is 16.9. The van der Waals surface area contributed by atoms with E-state index in [1.54, 1.807) is 6.92 Å². The van der Waals surface area contributed by atoms with Crippen LogP contribution in [0.3, 0.4) is 0 Å². The van der Waals surface area contributed by atoms with Gasteiger partial charge in [-0.2, -0.15) is 0 Å². The summed E-state index contributed by atoms with van der Waals surface area (Å²) in [7, 11) is 2.84. The van der Waals surface area contributed by atoms with E-state index in [1.807, 2.05) is 0 Å². The fourth-order valence-corrected chi connectivity index (χ4v) is 2.17. The predicted molar refractivity (Wildman–Crippen MR) is 79.8 cm³/mol. The van der Waals surface area contributed by atoms with Crippen molar-refractivity contribution in [3.63, 3.8) is 0 Å². The van der Waals surface area contributed by atoms with Crippen molar-refractivity contribution in [2.24, 2.45) is 0 Å². The third-order valence-electron chi connectivity index (χ3n) is 3.73. The molecule has 0 radical (unpaired) electrons. The minimum Gasteiger partial charge on any atom is -0.494 e. The van der Waals surface area contributed by atoms with Gasteiger partial charge in [0.05, 0.1) is 13.2 Å². The number of hydrogen-bond acceptors (Lipinski definition) is 2. The van der Waals surface area contributed by atoms with Gasteiger partial charge < -0.3 is 9.64 Å². The molecule has 2 aromatic rings. The molecule has 0 spiro atoms. The molecule has 0 saturated heterocycles. The highest BCUT2D eigenvalue weighted by molar-refractivity contribution is 5.94. The van der Waals surface area contributed by atoms with Crippen LogP contribution in [-0.4, -0.2) is 25.0 Å². The van der Waals surface area contributed by atoms with Crippen LogP contribution in [0.4, 0.5) is 13.2 Å². The van der Waals surface area contributed by atoms with Crippen LogP contribution in [0.5, 0.6) is 5.75 Å². The van der Waals surface area contributed by atoms with Crippen LogP contribution in [-0.2, 0) is 0 Å². The Balaban J connectivity index is 2.24. The van der Waals surface area contributed by atoms with E-state index in [2.05, 4.69) is 0 Å². The van der Waals surface area contributed by atoms with Gasteiger partial charge in [0, 0.05) is 12.6 Å². The maximum Gasteiger partial charge on any atom is 0.254 e. The number of halogens is 3. The highest BCUT2D eigenvalue weighted by Gasteiger charge is 2.21. The van der Waals surface area contributed by atoms with Gasteiger partial charge in [-0.25, -0.2) is 13.2 Å². The molecule has 0 aliphatic rings. The molecule has 0 heterocycles. The van der Waals surface area contributed by atoms with Gasteiger partial charge >= 0.3 is 0 Å². The van der Waals surface area contributed by atoms with E-state index < -0.39 is 29.4 Å². The number of carbonyl (C=O) groups is 1. The number of nitrogens with zero attached hydrogens (tertiary/aromatic N) is 1. The van der Waals surface area contributed by atoms with Crippen molar-refractivity contribution in [2.75, 3.05) is 14.2 Å². The van der Waals surface area contributed by atoms with Crippen molar-refractivity contribution in [1.82, 2.24) is 4.90 Å². The van der Waals surface area contributed by atoms with Crippen molar-refractivity contribution in [3.8, 4) is 5.75 Å². The molecule has 2 aromatic carbocycles. The van der Waals surface area contributed by atoms with Gasteiger partial charge in [-0.05, 0) is 42.8 Å². The number of carbonyl (C=O) groups excluding carboxylic acids is 1. The molecular weight excluding hydrogens is 307 g/mol. The first-order valence-corrected chi connectivity index (χ1v) is 6.90. The van der Waals surface area contributed by atoms with Crippen molar-refractivity contribution in [1.29, 1.82) is 0 Å². The molecule has 0 aliphatic carbocycles. The van der Waals surface area contributed by atoms with Crippen LogP contribution < -0.4 is 4.74 Å². The molecule has 122 valence electrons. The maximum atomic E-state index is 13.7. The molecule has 0 aliphatic heterocycles. The van der Waals surface area contributed by atoms with E-state index in [0.717, 1.165) is 18.2 Å². The normalized spacial score (nSPS) is 11.9. The molecule has 0 saturated carbocycles. The molecule has 0 aromatic heterocycles. The third-order valence-corrected chi connectivity index (χ3v) is 3.73. The Morgan fingerprint density at radius 3 is 2.30 bits per heavy atom. The Kier molecular flexibility index (Phi) is 4.93. The fraction of sp³-hybridized carbons (Fsp3) is 0.235. The predicted octanol–water partition coefficient (Wildman–Crippen LogP) is 3.95. The quantitative estimate of drug-likeness (QED) is 0.853. The molecule has 0 fully saturated rings. The smallest absolute Gasteiger partial charge is 0.254 e. The molecule has 23 heavy (non-hydrogen) atoms. The zero-order chi connectivity index (χ0) is 17.1. The van der Waals surface area contributed by atoms with E-state index in [1.165, 1.54) is 37.3 Å². The summed E-state index contributed by atoms with van der Waals surface area (Å²) in [6.07, 6.45) is 0. The van der Waals surface area contributed by atoms with Gasteiger partial charge in [0.25, 0.3) is 5.91 Å². The standard InChI is InChI=1S/C17H16F3NO2/c1-10(11-4-6-13(18)14(19)8-11)21(2)17(22)12-5-7-16(23-3)15(20)9-12/h4-10H,1-3H3. The molecule has 6 heteroatoms. The second-order valence-electron chi connectivity index (χ2n) is 5.11. The minimum atomic E-state index is -0.981. The summed E-state index contributed by atoms with van der Waals surface area (Å²) in [6.45, 7) is 1.67. The Bertz CT molecular complexity index is 734. The zero-order valence-corrected chi connectivity index (χ0v) is 12.9. The Morgan fingerprint density at radius 2 is 1.74 bits per heavy atom. The van der Waals surface area contributed by atoms with Gasteiger partial charge in [0.15, 0.2) is 23.2 Å². The van der Waals surface area contributed by atoms with E-state index >= 15 is 0 Å². The molecule has 1 amide bonds. The van der Waals surface area contributed by atoms with Gasteiger partial charge in [-0.1, -0.05) is 6.07 Å². The number of rotatable bonds is 4. The summed E-state index contributed by atoms with van der Waals surface area (Å²) in [6, 6.07) is 6.82. The second-order valence-corrected chi connectivity index (χ2v) is 5.11. The topological polar surface area (TPSA) is 29.5 Å². The summed E-state index contributed by atoms with van der Waals surface area (Å²) >= 11 is 0. The molecule has 2 rings (SSSR count). The average Bonchev–Trinajstić information content (AvgIpc) is 2.55. The SMILES string of the molecule is COc1ccc(C(=O)N(C)C(C)c2ccc(F)c(F)c2)cc1F. The lowest BCUT2D eigenvalue weighted by Gasteiger charge is -2.25. The largest absolute Gasteiger partial charge is 0.494 e. The van der Waals surface area contributed by atoms with Crippen LogP contribution in [0.1, 0.15) is 28.9 Å². The first-order valence-electron chi connectivity index (χ1n) is 6.90. The molecular formula is C17H16F3NO2. The molecule has 0 N–H and O–H groups in total. The number of hydrogen-bond donors (Lipinski definition) is 0. The van der Waals surface area contributed by atoms with Crippen LogP contribution in [0.15, 0.2) is 36.4 Å². The van der Waals surface area contributed by atoms with E-state index in [-0.39, 0.29) is 11.3 Å². The zero-order valence-electron chi connectivity index (χ0n) is 12.9. The van der Waals surface area contributed by atoms with Crippen molar-refractivity contribution >= 4 is 5.91 Å². The molecule has 0 bridgehead atoms. The van der Waals surface area contributed by atoms with E-state index in [4.69, 9.17) is 4.74 Å². The van der Waals surface area contributed by atoms with Gasteiger partial charge in [0.2, 0.25) is 0 Å². The first-order chi connectivity index (χ1) is 10.8. The summed E-state index contributed by atoms with van der Waals surface area (Å²) in [5, 5.41) is 0. The van der Waals surface area contributed by atoms with Crippen molar-refractivity contribution in [3.05, 3.63) is 65.0 Å². The molecule has 1 atom stereocenters. The lowest BCUT2D eigenvalue weighted by atomic mass is 10.1. The van der Waals surface area contributed by atoms with Gasteiger partial charge in [0.1, 0.15) is 0 Å². The monoisotopic (exact) mass is 323 g/mol. The number of ether oxygens (including phenoxy) is 1. The fourth-order valence-electron chi connectivity index (χ4n) is 2.17. The Morgan fingerprint density at radius 1 is 1.04 bits per heavy atom. The minimum absolute atomic E-state index is 0.0397. The van der Waals surface area contributed by atoms with Crippen molar-refractivity contribution in [2.45, 2.75) is 13.0 Å². The van der Waals surface area contributed by atoms with Crippen LogP contribution >= 0.6 is 0 Å². The van der Waals surface area contributed by atoms with Crippen LogP contribution in [0.2, 0.25) is 0 Å². The van der Waals surface area contributed by atoms with Gasteiger partial charge in [-0.15, -0.1) is 0 Å². The average molecular weight is 323 g/mol. The lowest BCUT2D eigenvalue weighted by molar-refractivity contribution is 0.0741.